The quantitative estimate of drug-likeness (QED) is 0.101. The van der Waals surface area contributed by atoms with E-state index in [1.807, 2.05) is 6.07 Å². The molecule has 2 unspecified atom stereocenters. The van der Waals surface area contributed by atoms with Crippen LogP contribution in [-0.4, -0.2) is 93.6 Å². The lowest BCUT2D eigenvalue weighted by Crippen LogP contribution is -2.40. The molecular weight excluding hydrogens is 946 g/mol. The molecule has 2 aliphatic carbocycles. The number of carbonyl (C=O) groups is 2. The van der Waals surface area contributed by atoms with Crippen LogP contribution in [0.2, 0.25) is 0 Å². The summed E-state index contributed by atoms with van der Waals surface area (Å²) in [5, 5.41) is 8.72. The van der Waals surface area contributed by atoms with Gasteiger partial charge in [-0.15, -0.1) is 0 Å². The Morgan fingerprint density at radius 1 is 0.725 bits per heavy atom. The number of allylic oxidation sites excluding steroid dienone is 4. The molecule has 0 spiro atoms. The highest BCUT2D eigenvalue weighted by Gasteiger charge is 2.40. The van der Waals surface area contributed by atoms with E-state index in [2.05, 4.69) is 32.9 Å². The van der Waals surface area contributed by atoms with E-state index in [4.69, 9.17) is 10.8 Å². The molecule has 69 heavy (non-hydrogen) atoms. The fourth-order valence-electron chi connectivity index (χ4n) is 7.18. The molecule has 4 aromatic rings. The zero-order valence-electron chi connectivity index (χ0n) is 38.5. The molecule has 14 nitrogen and oxygen atoms in total. The molecule has 2 aromatic carbocycles. The Morgan fingerprint density at radius 3 is 1.58 bits per heavy atom. The van der Waals surface area contributed by atoms with Crippen molar-refractivity contribution >= 4 is 42.9 Å². The van der Waals surface area contributed by atoms with Crippen molar-refractivity contribution in [2.45, 2.75) is 128 Å². The number of hydrogen-bond donors (Lipinski definition) is 2. The van der Waals surface area contributed by atoms with Crippen LogP contribution < -0.4 is 5.73 Å². The predicted molar refractivity (Wildman–Crippen MR) is 253 cm³/mol. The number of carboxylic acids is 1. The molecule has 0 amide bonds. The van der Waals surface area contributed by atoms with Gasteiger partial charge in [0.25, 0.3) is 0 Å². The van der Waals surface area contributed by atoms with Crippen molar-refractivity contribution < 1.29 is 53.5 Å². The van der Waals surface area contributed by atoms with Gasteiger partial charge >= 0.3 is 12.1 Å². The van der Waals surface area contributed by atoms with Crippen LogP contribution >= 0.6 is 0 Å². The van der Waals surface area contributed by atoms with Gasteiger partial charge in [0.15, 0.2) is 0 Å². The standard InChI is InChI=1S/C24H27F4N3O3S.C12H17N3.C11H14FNO4S.CH4/c1-16(2)31(35(33,34)22-11-7-19(25)8-12-22)14-21(32)10-9-20-13-23(30-15-29-20)17-3-5-18(6-4-17)24(26,27)28;1-9-2-4-10(5-3-9)12-6-11(7-13)14-8-15-12;1-8(2)13(7-11(14)15)18(16,17)10-5-3-9(12)4-6-10;/h3,7-8,11-13,15-16,18H,4-6,9-10,14H2,1-2H3;4,6,8-9H,2-3,5,7,13H2,1H3;3-6,8H,7H2,1-2H3,(H,14,15);1H4. The second kappa shape index (κ2) is 26.0. The van der Waals surface area contributed by atoms with E-state index in [0.717, 1.165) is 92.9 Å². The third-order valence-corrected chi connectivity index (χ3v) is 15.2. The number of aryl methyl sites for hydroxylation is 1. The monoisotopic (exact) mass is 1010 g/mol. The van der Waals surface area contributed by atoms with Crippen LogP contribution in [0.15, 0.2) is 95.3 Å². The summed E-state index contributed by atoms with van der Waals surface area (Å²) in [5.41, 5.74) is 10.7. The fraction of sp³-hybridized carbons (Fsp3) is 0.458. The van der Waals surface area contributed by atoms with E-state index in [1.54, 1.807) is 46.2 Å². The third-order valence-electron chi connectivity index (χ3n) is 11.1. The maximum Gasteiger partial charge on any atom is 0.392 e. The predicted octanol–water partition coefficient (Wildman–Crippen LogP) is 9.05. The molecule has 0 bridgehead atoms. The SMILES string of the molecule is C.CC(C)N(CC(=O)CCc1cc(C2=CCC(C(F)(F)F)CC2)ncn1)S(=O)(=O)c1ccc(F)cc1.CC(C)N(CC(=O)O)S(=O)(=O)c1ccc(F)cc1.CC1CC=C(c2cc(CN)ncn2)CC1. The number of aliphatic carboxylic acids is 1. The summed E-state index contributed by atoms with van der Waals surface area (Å²) < 4.78 is 117. The number of alkyl halides is 3. The van der Waals surface area contributed by atoms with Gasteiger partial charge in [-0.3, -0.25) is 9.59 Å². The largest absolute Gasteiger partial charge is 0.480 e. The van der Waals surface area contributed by atoms with Crippen LogP contribution in [0.4, 0.5) is 22.0 Å². The number of halogens is 5. The summed E-state index contributed by atoms with van der Waals surface area (Å²) in [4.78, 5) is 39.8. The number of nitrogens with two attached hydrogens (primary N) is 1. The van der Waals surface area contributed by atoms with Crippen LogP contribution in [-0.2, 0) is 42.6 Å². The van der Waals surface area contributed by atoms with Crippen LogP contribution in [0, 0.1) is 23.5 Å². The summed E-state index contributed by atoms with van der Waals surface area (Å²) in [6, 6.07) is 11.3. The minimum absolute atomic E-state index is 0. The normalized spacial score (nSPS) is 16.4. The molecule has 378 valence electrons. The first kappa shape index (κ1) is 58.0. The van der Waals surface area contributed by atoms with Crippen LogP contribution in [0.3, 0.4) is 0 Å². The van der Waals surface area contributed by atoms with E-state index in [-0.39, 0.29) is 61.6 Å². The van der Waals surface area contributed by atoms with Crippen molar-refractivity contribution in [3.8, 4) is 0 Å². The highest BCUT2D eigenvalue weighted by atomic mass is 32.2. The number of rotatable bonds is 16. The van der Waals surface area contributed by atoms with Crippen molar-refractivity contribution in [2.24, 2.45) is 17.6 Å². The Morgan fingerprint density at radius 2 is 1.17 bits per heavy atom. The minimum atomic E-state index is -4.22. The topological polar surface area (TPSA) is 207 Å². The molecule has 0 saturated carbocycles. The fourth-order valence-corrected chi connectivity index (χ4v) is 10.4. The van der Waals surface area contributed by atoms with E-state index >= 15 is 0 Å². The Bertz CT molecular complexity index is 2610. The summed E-state index contributed by atoms with van der Waals surface area (Å²) >= 11 is 0. The first-order valence-electron chi connectivity index (χ1n) is 22.0. The number of Topliss-reactive ketones (excluding diaryl/α,β-unsaturated/α-hetero) is 1. The average Bonchev–Trinajstić information content (AvgIpc) is 3.30. The van der Waals surface area contributed by atoms with Gasteiger partial charge < -0.3 is 10.8 Å². The smallest absolute Gasteiger partial charge is 0.392 e. The number of benzene rings is 2. The van der Waals surface area contributed by atoms with E-state index in [1.165, 1.54) is 18.3 Å². The zero-order valence-corrected chi connectivity index (χ0v) is 40.2. The number of ketones is 1. The Kier molecular flexibility index (Phi) is 21.9. The van der Waals surface area contributed by atoms with Crippen LogP contribution in [0.1, 0.15) is 110 Å². The van der Waals surface area contributed by atoms with Crippen molar-refractivity contribution in [1.29, 1.82) is 0 Å². The zero-order chi connectivity index (χ0) is 50.4. The minimum Gasteiger partial charge on any atom is -0.480 e. The van der Waals surface area contributed by atoms with Gasteiger partial charge in [-0.25, -0.2) is 45.6 Å². The lowest BCUT2D eigenvalue weighted by atomic mass is 9.87. The van der Waals surface area contributed by atoms with E-state index in [9.17, 15) is 48.4 Å². The molecule has 0 fully saturated rings. The second-order valence-corrected chi connectivity index (χ2v) is 20.8. The molecule has 6 rings (SSSR count). The van der Waals surface area contributed by atoms with Gasteiger partial charge in [-0.2, -0.15) is 21.8 Å². The number of carbonyl (C=O) groups excluding carboxylic acids is 1. The lowest BCUT2D eigenvalue weighted by Gasteiger charge is -2.25. The maximum absolute atomic E-state index is 13.2. The number of nitrogens with zero attached hydrogens (tertiary/aromatic N) is 6. The Labute approximate surface area is 402 Å². The first-order chi connectivity index (χ1) is 31.9. The van der Waals surface area contributed by atoms with E-state index in [0.29, 0.717) is 17.9 Å². The molecule has 21 heteroatoms. The van der Waals surface area contributed by atoms with Crippen molar-refractivity contribution in [1.82, 2.24) is 28.5 Å². The molecule has 2 aromatic heterocycles. The van der Waals surface area contributed by atoms with Gasteiger partial charge in [0.2, 0.25) is 20.0 Å². The average molecular weight is 1010 g/mol. The number of sulfonamides is 2. The summed E-state index contributed by atoms with van der Waals surface area (Å²) in [6.45, 7) is 8.24. The van der Waals surface area contributed by atoms with Crippen LogP contribution in [0.25, 0.3) is 11.1 Å². The highest BCUT2D eigenvalue weighted by Crippen LogP contribution is 2.39. The number of hydrogen-bond acceptors (Lipinski definition) is 11. The molecule has 2 heterocycles. The Hall–Kier alpha value is -5.35. The van der Waals surface area contributed by atoms with Gasteiger partial charge in [0.05, 0.1) is 39.3 Å². The summed E-state index contributed by atoms with van der Waals surface area (Å²) in [5.74, 6) is -3.22. The van der Waals surface area contributed by atoms with Gasteiger partial charge in [0, 0.05) is 30.7 Å². The molecule has 3 N–H and O–H groups in total. The third kappa shape index (κ3) is 17.2. The second-order valence-electron chi connectivity index (χ2n) is 17.0. The molecule has 2 aliphatic rings. The van der Waals surface area contributed by atoms with Crippen molar-refractivity contribution in [3.63, 3.8) is 0 Å². The van der Waals surface area contributed by atoms with Crippen molar-refractivity contribution in [3.05, 3.63) is 120 Å². The molecule has 0 aliphatic heterocycles. The van der Waals surface area contributed by atoms with Crippen molar-refractivity contribution in [2.75, 3.05) is 13.1 Å². The van der Waals surface area contributed by atoms with Gasteiger partial charge in [0.1, 0.15) is 36.6 Å². The van der Waals surface area contributed by atoms with Gasteiger partial charge in [-0.1, -0.05) is 26.5 Å². The molecular formula is C48H62F5N7O7S2. The van der Waals surface area contributed by atoms with Gasteiger partial charge in [-0.05, 0) is 150 Å². The van der Waals surface area contributed by atoms with E-state index < -0.39 is 68.4 Å². The number of aromatic nitrogens is 4. The first-order valence-corrected chi connectivity index (χ1v) is 24.9. The highest BCUT2D eigenvalue weighted by molar-refractivity contribution is 7.89. The molecule has 0 saturated heterocycles. The summed E-state index contributed by atoms with van der Waals surface area (Å²) in [6.07, 6.45) is 6.52. The maximum atomic E-state index is 13.2. The lowest BCUT2D eigenvalue weighted by molar-refractivity contribution is -0.175. The van der Waals surface area contributed by atoms with Crippen LogP contribution in [0.5, 0.6) is 0 Å². The molecule has 2 atom stereocenters. The Balaban J connectivity index is 0.000000308. The number of carboxylic acid groups (broad SMARTS) is 1. The summed E-state index contributed by atoms with van der Waals surface area (Å²) in [7, 11) is -7.93. The molecule has 0 radical (unpaired) electrons.